The summed E-state index contributed by atoms with van der Waals surface area (Å²) in [6, 6.07) is 21.8. The predicted molar refractivity (Wildman–Crippen MR) is 255 cm³/mol. The molecule has 0 saturated carbocycles. The summed E-state index contributed by atoms with van der Waals surface area (Å²) in [5, 5.41) is 26.2. The molecule has 0 aliphatic heterocycles. The summed E-state index contributed by atoms with van der Waals surface area (Å²) in [5.41, 5.74) is 2.77. The molecule has 0 aromatic heterocycles. The number of hydrogen-bond acceptors (Lipinski definition) is 12. The van der Waals surface area contributed by atoms with E-state index in [9.17, 15) is 28.8 Å². The third kappa shape index (κ3) is 12.8. The number of nitrogens with zero attached hydrogens (tertiary/aromatic N) is 4. The van der Waals surface area contributed by atoms with Gasteiger partial charge in [-0.3, -0.25) is 28.8 Å². The third-order valence-electron chi connectivity index (χ3n) is 9.56. The number of carbonyl (C=O) groups excluding carboxylic acids is 6. The number of rotatable bonds is 18. The third-order valence-corrected chi connectivity index (χ3v) is 10.7. The van der Waals surface area contributed by atoms with Crippen LogP contribution in [0.15, 0.2) is 118 Å². The summed E-state index contributed by atoms with van der Waals surface area (Å²) >= 11 is 25.3. The zero-order valence-corrected chi connectivity index (χ0v) is 39.1. The molecule has 342 valence electrons. The Hall–Kier alpha value is -6.72. The van der Waals surface area contributed by atoms with Crippen LogP contribution in [0.1, 0.15) is 70.3 Å². The molecule has 4 unspecified atom stereocenters. The number of alkyl halides is 2. The van der Waals surface area contributed by atoms with Gasteiger partial charge in [-0.25, -0.2) is 0 Å². The molecule has 0 bridgehead atoms. The van der Waals surface area contributed by atoms with E-state index >= 15 is 0 Å². The van der Waals surface area contributed by atoms with Crippen molar-refractivity contribution < 1.29 is 38.2 Å². The fourth-order valence-electron chi connectivity index (χ4n) is 6.14. The molecule has 0 heterocycles. The van der Waals surface area contributed by atoms with E-state index in [0.717, 1.165) is 13.8 Å². The fourth-order valence-corrected chi connectivity index (χ4v) is 6.83. The second-order valence-electron chi connectivity index (χ2n) is 14.3. The van der Waals surface area contributed by atoms with Crippen molar-refractivity contribution in [1.82, 2.24) is 0 Å². The zero-order chi connectivity index (χ0) is 48.2. The molecule has 66 heavy (non-hydrogen) atoms. The van der Waals surface area contributed by atoms with Crippen molar-refractivity contribution in [3.05, 3.63) is 129 Å². The smallest absolute Gasteiger partial charge is 0.258 e. The topological polar surface area (TPSA) is 218 Å². The lowest BCUT2D eigenvalue weighted by Gasteiger charge is -2.18. The van der Waals surface area contributed by atoms with Crippen LogP contribution in [0.2, 0.25) is 10.0 Å². The molecule has 5 aromatic carbocycles. The fraction of sp³-hybridized carbons (Fsp3) is 0.217. The van der Waals surface area contributed by atoms with E-state index in [1.165, 1.54) is 62.8 Å². The van der Waals surface area contributed by atoms with Gasteiger partial charge in [0.25, 0.3) is 23.6 Å². The van der Waals surface area contributed by atoms with Gasteiger partial charge in [0, 0.05) is 34.6 Å². The Morgan fingerprint density at radius 1 is 0.515 bits per heavy atom. The van der Waals surface area contributed by atoms with Crippen molar-refractivity contribution in [2.45, 2.75) is 50.5 Å². The van der Waals surface area contributed by atoms with Crippen LogP contribution in [0, 0.1) is 0 Å². The Kier molecular flexibility index (Phi) is 17.5. The highest BCUT2D eigenvalue weighted by atomic mass is 35.5. The van der Waals surface area contributed by atoms with Crippen molar-refractivity contribution in [3.8, 4) is 11.5 Å². The van der Waals surface area contributed by atoms with E-state index in [1.54, 1.807) is 62.4 Å². The van der Waals surface area contributed by atoms with Gasteiger partial charge in [-0.05, 0) is 87.4 Å². The number of nitrogens with one attached hydrogen (secondary N) is 4. The van der Waals surface area contributed by atoms with Crippen LogP contribution in [0.5, 0.6) is 11.5 Å². The first-order valence-corrected chi connectivity index (χ1v) is 21.4. The molecule has 0 radical (unpaired) electrons. The van der Waals surface area contributed by atoms with Gasteiger partial charge in [-0.2, -0.15) is 20.5 Å². The summed E-state index contributed by atoms with van der Waals surface area (Å²) in [5.74, 6) is -4.22. The minimum Gasteiger partial charge on any atom is -0.494 e. The molecule has 0 fully saturated rings. The molecular weight excluding hydrogens is 934 g/mol. The van der Waals surface area contributed by atoms with Gasteiger partial charge in [-0.1, -0.05) is 59.6 Å². The van der Waals surface area contributed by atoms with Crippen LogP contribution in [0.3, 0.4) is 0 Å². The van der Waals surface area contributed by atoms with Gasteiger partial charge in [0.05, 0.1) is 46.4 Å². The lowest BCUT2D eigenvalue weighted by molar-refractivity contribution is -0.127. The quantitative estimate of drug-likeness (QED) is 0.0375. The highest BCUT2D eigenvalue weighted by Crippen LogP contribution is 2.38. The first kappa shape index (κ1) is 50.3. The molecule has 0 aliphatic carbocycles. The maximum Gasteiger partial charge on any atom is 0.258 e. The number of methoxy groups -OCH3 is 2. The molecule has 0 spiro atoms. The van der Waals surface area contributed by atoms with Gasteiger partial charge in [0.15, 0.2) is 11.6 Å². The molecule has 20 heteroatoms. The molecule has 5 rings (SSSR count). The standard InChI is InChI=1S/C46H42Cl4N8O8/c1-23(47)29-11-7-9-13-33(29)51-43(61)27-15-17-31(49)35(19-27)55-57-41(25(3)59)45(63)53-37-21-40(66-6)38(22-39(37)65-5)54-46(64)42(26(4)60)58-56-36-20-28(16-18-32(36)50)44(62)52-34-14-10-8-12-30(34)24(2)48/h7-24,41-42H,1-6H3,(H,51,61)(H,52,62)(H,53,63)(H,54,64). The van der Waals surface area contributed by atoms with Crippen LogP contribution in [0.4, 0.5) is 34.1 Å². The van der Waals surface area contributed by atoms with E-state index in [1.807, 2.05) is 0 Å². The van der Waals surface area contributed by atoms with E-state index in [2.05, 4.69) is 41.7 Å². The summed E-state index contributed by atoms with van der Waals surface area (Å²) in [7, 11) is 2.57. The molecule has 16 nitrogen and oxygen atoms in total. The normalized spacial score (nSPS) is 13.0. The summed E-state index contributed by atoms with van der Waals surface area (Å²) < 4.78 is 11.0. The number of azo groups is 2. The maximum absolute atomic E-state index is 13.6. The number of hydrogen-bond donors (Lipinski definition) is 4. The van der Waals surface area contributed by atoms with Crippen LogP contribution in [-0.4, -0.2) is 61.5 Å². The van der Waals surface area contributed by atoms with Gasteiger partial charge in [0.1, 0.15) is 22.9 Å². The average Bonchev–Trinajstić information content (AvgIpc) is 3.27. The molecular formula is C46H42Cl4N8O8. The van der Waals surface area contributed by atoms with Crippen molar-refractivity contribution >= 4 is 116 Å². The lowest BCUT2D eigenvalue weighted by Crippen LogP contribution is -2.32. The Bertz CT molecular complexity index is 2560. The van der Waals surface area contributed by atoms with Crippen LogP contribution in [-0.2, 0) is 19.2 Å². The minimum absolute atomic E-state index is 0.00316. The van der Waals surface area contributed by atoms with E-state index in [4.69, 9.17) is 55.9 Å². The number of ketones is 2. The van der Waals surface area contributed by atoms with E-state index in [-0.39, 0.29) is 66.2 Å². The molecule has 4 N–H and O–H groups in total. The minimum atomic E-state index is -1.69. The Morgan fingerprint density at radius 2 is 0.879 bits per heavy atom. The highest BCUT2D eigenvalue weighted by Gasteiger charge is 2.28. The van der Waals surface area contributed by atoms with E-state index < -0.39 is 47.3 Å². The number of amides is 4. The number of carbonyl (C=O) groups is 6. The summed E-state index contributed by atoms with van der Waals surface area (Å²) in [6.07, 6.45) is 0. The summed E-state index contributed by atoms with van der Waals surface area (Å²) in [4.78, 5) is 78.9. The molecule has 0 aliphatic rings. The number of ether oxygens (including phenoxy) is 2. The van der Waals surface area contributed by atoms with Crippen LogP contribution in [0.25, 0.3) is 0 Å². The number of Topliss-reactive ketones (excluding diaryl/α,β-unsaturated/α-hetero) is 2. The van der Waals surface area contributed by atoms with Crippen LogP contribution >= 0.6 is 46.4 Å². The molecule has 4 atom stereocenters. The van der Waals surface area contributed by atoms with Crippen molar-refractivity contribution in [1.29, 1.82) is 0 Å². The molecule has 5 aromatic rings. The first-order valence-electron chi connectivity index (χ1n) is 19.8. The number of anilines is 4. The first-order chi connectivity index (χ1) is 31.4. The largest absolute Gasteiger partial charge is 0.494 e. The second kappa shape index (κ2) is 22.9. The lowest BCUT2D eigenvalue weighted by atomic mass is 10.1. The van der Waals surface area contributed by atoms with Crippen molar-refractivity contribution in [2.75, 3.05) is 35.5 Å². The predicted octanol–water partition coefficient (Wildman–Crippen LogP) is 11.5. The SMILES string of the molecule is COc1cc(NC(=O)C(N=Nc2cc(C(=O)Nc3ccccc3C(C)Cl)ccc2Cl)C(C)=O)c(OC)cc1NC(=O)C(N=Nc1cc(C(=O)Nc2ccccc2C(C)Cl)ccc1Cl)C(C)=O. The molecule has 4 amide bonds. The Morgan fingerprint density at radius 3 is 1.21 bits per heavy atom. The van der Waals surface area contributed by atoms with Gasteiger partial charge >= 0.3 is 0 Å². The Balaban J connectivity index is 1.31. The van der Waals surface area contributed by atoms with Crippen molar-refractivity contribution in [3.63, 3.8) is 0 Å². The summed E-state index contributed by atoms with van der Waals surface area (Å²) in [6.45, 7) is 5.82. The van der Waals surface area contributed by atoms with Gasteiger partial charge in [0.2, 0.25) is 12.1 Å². The highest BCUT2D eigenvalue weighted by molar-refractivity contribution is 6.33. The second-order valence-corrected chi connectivity index (χ2v) is 16.5. The number of para-hydroxylation sites is 2. The number of benzene rings is 5. The van der Waals surface area contributed by atoms with Crippen molar-refractivity contribution in [2.24, 2.45) is 20.5 Å². The monoisotopic (exact) mass is 974 g/mol. The maximum atomic E-state index is 13.6. The molecule has 0 saturated heterocycles. The zero-order valence-electron chi connectivity index (χ0n) is 36.1. The van der Waals surface area contributed by atoms with E-state index in [0.29, 0.717) is 22.5 Å². The average molecular weight is 977 g/mol. The van der Waals surface area contributed by atoms with Gasteiger partial charge in [-0.15, -0.1) is 23.2 Å². The van der Waals surface area contributed by atoms with Gasteiger partial charge < -0.3 is 30.7 Å². The Labute approximate surface area is 399 Å². The van der Waals surface area contributed by atoms with Crippen LogP contribution < -0.4 is 30.7 Å². The number of halogens is 4.